The summed E-state index contributed by atoms with van der Waals surface area (Å²) in [6.07, 6.45) is 7.85. The summed E-state index contributed by atoms with van der Waals surface area (Å²) in [4.78, 5) is 22.1. The first-order valence-corrected chi connectivity index (χ1v) is 9.18. The zero-order chi connectivity index (χ0) is 17.4. The third-order valence-corrected chi connectivity index (χ3v) is 5.39. The molecule has 4 rings (SSSR count). The summed E-state index contributed by atoms with van der Waals surface area (Å²) < 4.78 is 7.53. The smallest absolute Gasteiger partial charge is 0.226 e. The first-order chi connectivity index (χ1) is 12.1. The van der Waals surface area contributed by atoms with Crippen molar-refractivity contribution in [3.8, 4) is 0 Å². The lowest BCUT2D eigenvalue weighted by atomic mass is 9.98. The van der Waals surface area contributed by atoms with Gasteiger partial charge in [-0.2, -0.15) is 0 Å². The van der Waals surface area contributed by atoms with Crippen LogP contribution in [0.5, 0.6) is 0 Å². The Balaban J connectivity index is 1.65. The molecule has 0 bridgehead atoms. The fourth-order valence-electron chi connectivity index (χ4n) is 4.05. The van der Waals surface area contributed by atoms with E-state index in [4.69, 9.17) is 9.72 Å². The van der Waals surface area contributed by atoms with Gasteiger partial charge >= 0.3 is 0 Å². The number of ether oxygens (including phenoxy) is 1. The van der Waals surface area contributed by atoms with E-state index in [-0.39, 0.29) is 17.9 Å². The van der Waals surface area contributed by atoms with E-state index < -0.39 is 0 Å². The lowest BCUT2D eigenvalue weighted by Crippen LogP contribution is -2.38. The van der Waals surface area contributed by atoms with Gasteiger partial charge in [-0.05, 0) is 37.8 Å². The van der Waals surface area contributed by atoms with Gasteiger partial charge in [0, 0.05) is 52.2 Å². The Kier molecular flexibility index (Phi) is 4.37. The molecule has 0 saturated carbocycles. The van der Waals surface area contributed by atoms with E-state index >= 15 is 0 Å². The summed E-state index contributed by atoms with van der Waals surface area (Å²) in [5.74, 6) is 1.34. The molecule has 6 nitrogen and oxygen atoms in total. The lowest BCUT2D eigenvalue weighted by molar-refractivity contribution is -0.139. The number of hydrogen-bond donors (Lipinski definition) is 0. The van der Waals surface area contributed by atoms with E-state index in [1.165, 1.54) is 0 Å². The lowest BCUT2D eigenvalue weighted by Gasteiger charge is -2.30. The number of rotatable bonds is 3. The summed E-state index contributed by atoms with van der Waals surface area (Å²) >= 11 is 0. The minimum atomic E-state index is 0.0841. The molecule has 2 aromatic heterocycles. The van der Waals surface area contributed by atoms with Crippen LogP contribution in [0, 0.1) is 5.92 Å². The Bertz CT molecular complexity index is 764. The van der Waals surface area contributed by atoms with Crippen molar-refractivity contribution in [2.45, 2.75) is 31.7 Å². The number of likely N-dealkylation sites (tertiary alicyclic amines) is 1. The Labute approximate surface area is 148 Å². The van der Waals surface area contributed by atoms with Crippen molar-refractivity contribution >= 4 is 17.2 Å². The third kappa shape index (κ3) is 2.99. The van der Waals surface area contributed by atoms with E-state index in [0.717, 1.165) is 49.3 Å². The SMILES string of the molecule is CN(C)c1nc([C@H]2CCCN2C(=O)C2CCOCC2)cn2cccc12. The molecule has 134 valence electrons. The van der Waals surface area contributed by atoms with Gasteiger partial charge in [-0.1, -0.05) is 0 Å². The first-order valence-electron chi connectivity index (χ1n) is 9.18. The predicted octanol–water partition coefficient (Wildman–Crippen LogP) is 2.49. The topological polar surface area (TPSA) is 50.1 Å². The van der Waals surface area contributed by atoms with Crippen LogP contribution in [0.25, 0.3) is 5.52 Å². The number of aromatic nitrogens is 2. The predicted molar refractivity (Wildman–Crippen MR) is 96.8 cm³/mol. The third-order valence-electron chi connectivity index (χ3n) is 5.39. The molecule has 2 fully saturated rings. The number of anilines is 1. The highest BCUT2D eigenvalue weighted by Gasteiger charge is 2.35. The van der Waals surface area contributed by atoms with Gasteiger partial charge in [0.05, 0.1) is 17.3 Å². The molecule has 0 aromatic carbocycles. The molecule has 0 spiro atoms. The number of amides is 1. The van der Waals surface area contributed by atoms with E-state index in [1.54, 1.807) is 0 Å². The van der Waals surface area contributed by atoms with E-state index in [9.17, 15) is 4.79 Å². The van der Waals surface area contributed by atoms with Gasteiger partial charge in [0.15, 0.2) is 5.82 Å². The number of carbonyl (C=O) groups is 1. The van der Waals surface area contributed by atoms with Crippen molar-refractivity contribution < 1.29 is 9.53 Å². The number of carbonyl (C=O) groups excluding carboxylic acids is 1. The maximum absolute atomic E-state index is 13.0. The van der Waals surface area contributed by atoms with Crippen LogP contribution >= 0.6 is 0 Å². The van der Waals surface area contributed by atoms with Gasteiger partial charge in [-0.25, -0.2) is 4.98 Å². The maximum atomic E-state index is 13.0. The van der Waals surface area contributed by atoms with Crippen molar-refractivity contribution in [2.75, 3.05) is 38.8 Å². The van der Waals surface area contributed by atoms with Gasteiger partial charge in [0.25, 0.3) is 0 Å². The summed E-state index contributed by atoms with van der Waals surface area (Å²) in [5.41, 5.74) is 2.08. The maximum Gasteiger partial charge on any atom is 0.226 e. The fraction of sp³-hybridized carbons (Fsp3) is 0.579. The Hall–Kier alpha value is -2.08. The molecule has 0 aliphatic carbocycles. The quantitative estimate of drug-likeness (QED) is 0.860. The highest BCUT2D eigenvalue weighted by Crippen LogP contribution is 2.35. The monoisotopic (exact) mass is 342 g/mol. The molecule has 4 heterocycles. The number of nitrogens with zero attached hydrogens (tertiary/aromatic N) is 4. The molecule has 0 radical (unpaired) electrons. The Morgan fingerprint density at radius 2 is 2.08 bits per heavy atom. The molecule has 6 heteroatoms. The standard InChI is InChI=1S/C19H26N4O2/c1-21(2)18-17-6-3-9-22(17)13-15(20-18)16-5-4-10-23(16)19(24)14-7-11-25-12-8-14/h3,6,9,13-14,16H,4-5,7-8,10-12H2,1-2H3/t16-/m1/s1. The van der Waals surface area contributed by atoms with Crippen LogP contribution in [0.15, 0.2) is 24.5 Å². The number of hydrogen-bond acceptors (Lipinski definition) is 4. The molecule has 1 atom stereocenters. The zero-order valence-electron chi connectivity index (χ0n) is 15.0. The molecule has 2 saturated heterocycles. The molecule has 0 N–H and O–H groups in total. The van der Waals surface area contributed by atoms with Gasteiger partial charge in [-0.3, -0.25) is 4.79 Å². The average Bonchev–Trinajstić information content (AvgIpc) is 3.29. The van der Waals surface area contributed by atoms with Crippen LogP contribution in [-0.2, 0) is 9.53 Å². The van der Waals surface area contributed by atoms with Crippen LogP contribution in [0.2, 0.25) is 0 Å². The van der Waals surface area contributed by atoms with Gasteiger partial charge in [-0.15, -0.1) is 0 Å². The zero-order valence-corrected chi connectivity index (χ0v) is 15.0. The molecule has 25 heavy (non-hydrogen) atoms. The molecule has 1 amide bonds. The molecule has 2 aliphatic rings. The van der Waals surface area contributed by atoms with E-state index in [0.29, 0.717) is 13.2 Å². The second-order valence-corrected chi connectivity index (χ2v) is 7.26. The first kappa shape index (κ1) is 16.4. The summed E-state index contributed by atoms with van der Waals surface area (Å²) in [6, 6.07) is 4.19. The minimum absolute atomic E-state index is 0.0841. The molecule has 0 unspecified atom stereocenters. The van der Waals surface area contributed by atoms with Gasteiger partial charge in [0.1, 0.15) is 0 Å². The van der Waals surface area contributed by atoms with Crippen LogP contribution < -0.4 is 4.90 Å². The minimum Gasteiger partial charge on any atom is -0.381 e. The summed E-state index contributed by atoms with van der Waals surface area (Å²) in [5, 5.41) is 0. The van der Waals surface area contributed by atoms with Gasteiger partial charge < -0.3 is 18.9 Å². The Morgan fingerprint density at radius 3 is 2.84 bits per heavy atom. The Morgan fingerprint density at radius 1 is 1.28 bits per heavy atom. The molecule has 2 aliphatic heterocycles. The van der Waals surface area contributed by atoms with Crippen molar-refractivity contribution in [1.29, 1.82) is 0 Å². The highest BCUT2D eigenvalue weighted by molar-refractivity contribution is 5.80. The molecule has 2 aromatic rings. The van der Waals surface area contributed by atoms with Crippen LogP contribution in [0.3, 0.4) is 0 Å². The highest BCUT2D eigenvalue weighted by atomic mass is 16.5. The summed E-state index contributed by atoms with van der Waals surface area (Å²) in [7, 11) is 4.03. The number of fused-ring (bicyclic) bond motifs is 1. The molecular formula is C19H26N4O2. The van der Waals surface area contributed by atoms with Crippen molar-refractivity contribution in [1.82, 2.24) is 14.3 Å². The normalized spacial score (nSPS) is 21.8. The van der Waals surface area contributed by atoms with E-state index in [2.05, 4.69) is 21.6 Å². The van der Waals surface area contributed by atoms with Crippen LogP contribution in [0.1, 0.15) is 37.4 Å². The second kappa shape index (κ2) is 6.67. The average molecular weight is 342 g/mol. The van der Waals surface area contributed by atoms with Crippen molar-refractivity contribution in [3.63, 3.8) is 0 Å². The summed E-state index contributed by atoms with van der Waals surface area (Å²) in [6.45, 7) is 2.24. The van der Waals surface area contributed by atoms with Crippen LogP contribution in [0.4, 0.5) is 5.82 Å². The fourth-order valence-corrected chi connectivity index (χ4v) is 4.05. The van der Waals surface area contributed by atoms with Gasteiger partial charge in [0.2, 0.25) is 5.91 Å². The second-order valence-electron chi connectivity index (χ2n) is 7.26. The largest absolute Gasteiger partial charge is 0.381 e. The van der Waals surface area contributed by atoms with Crippen molar-refractivity contribution in [3.05, 3.63) is 30.2 Å². The van der Waals surface area contributed by atoms with Crippen molar-refractivity contribution in [2.24, 2.45) is 5.92 Å². The van der Waals surface area contributed by atoms with E-state index in [1.807, 2.05) is 31.3 Å². The van der Waals surface area contributed by atoms with Crippen LogP contribution in [-0.4, -0.2) is 54.0 Å². The molecular weight excluding hydrogens is 316 g/mol.